The Hall–Kier alpha value is -2.42. The van der Waals surface area contributed by atoms with Gasteiger partial charge in [-0.05, 0) is 60.2 Å². The molecule has 2 aliphatic carbocycles. The molecule has 2 aromatic rings. The van der Waals surface area contributed by atoms with Gasteiger partial charge in [0.15, 0.2) is 0 Å². The van der Waals surface area contributed by atoms with Crippen molar-refractivity contribution in [2.75, 3.05) is 0 Å². The van der Waals surface area contributed by atoms with E-state index >= 15 is 0 Å². The molecule has 1 aromatic carbocycles. The van der Waals surface area contributed by atoms with Crippen molar-refractivity contribution in [2.24, 2.45) is 0 Å². The Morgan fingerprint density at radius 3 is 2.80 bits per heavy atom. The fourth-order valence-corrected chi connectivity index (χ4v) is 4.78. The molecule has 0 atom stereocenters. The topological polar surface area (TPSA) is 42.0 Å². The maximum Gasteiger partial charge on any atom is 0.252 e. The van der Waals surface area contributed by atoms with Crippen LogP contribution in [0.15, 0.2) is 36.5 Å². The number of aromatic nitrogens is 1. The van der Waals surface area contributed by atoms with Gasteiger partial charge >= 0.3 is 0 Å². The highest BCUT2D eigenvalue weighted by molar-refractivity contribution is 6.01. The lowest BCUT2D eigenvalue weighted by molar-refractivity contribution is 0.0909. The number of fused-ring (bicyclic) bond motifs is 3. The van der Waals surface area contributed by atoms with E-state index < -0.39 is 0 Å². The normalized spacial score (nSPS) is 20.2. The van der Waals surface area contributed by atoms with Crippen LogP contribution in [0.25, 0.3) is 5.57 Å². The van der Waals surface area contributed by atoms with Crippen molar-refractivity contribution in [1.29, 1.82) is 0 Å². The Morgan fingerprint density at radius 2 is 1.96 bits per heavy atom. The van der Waals surface area contributed by atoms with Gasteiger partial charge in [-0.25, -0.2) is 0 Å². The number of nitrogens with zero attached hydrogens (tertiary/aromatic N) is 1. The maximum absolute atomic E-state index is 12.5. The summed E-state index contributed by atoms with van der Waals surface area (Å²) in [4.78, 5) is 17.1. The molecule has 1 aromatic heterocycles. The van der Waals surface area contributed by atoms with Gasteiger partial charge in [-0.15, -0.1) is 0 Å². The number of hydrogen-bond donors (Lipinski definition) is 1. The molecule has 1 spiro atoms. The van der Waals surface area contributed by atoms with Crippen LogP contribution in [0.2, 0.25) is 0 Å². The molecule has 1 fully saturated rings. The summed E-state index contributed by atoms with van der Waals surface area (Å²) in [7, 11) is 0. The third-order valence-electron chi connectivity index (χ3n) is 6.05. The SMILES string of the molecule is Cc1cnc2c(c1)C(c1ccc3c(c1)C1(CCCCC1)NC3=O)=CC2.[HH]. The summed E-state index contributed by atoms with van der Waals surface area (Å²) < 4.78 is 0. The number of allylic oxidation sites excluding steroid dienone is 1. The van der Waals surface area contributed by atoms with Crippen molar-refractivity contribution < 1.29 is 6.22 Å². The molecule has 5 rings (SSSR count). The lowest BCUT2D eigenvalue weighted by atomic mass is 9.76. The Kier molecular flexibility index (Phi) is 3.15. The van der Waals surface area contributed by atoms with Crippen LogP contribution in [0, 0.1) is 6.92 Å². The molecular weight excluding hydrogens is 308 g/mol. The summed E-state index contributed by atoms with van der Waals surface area (Å²) in [5, 5.41) is 3.31. The second-order valence-corrected chi connectivity index (χ2v) is 7.69. The molecule has 1 saturated carbocycles. The van der Waals surface area contributed by atoms with Gasteiger partial charge in [0.05, 0.1) is 11.2 Å². The zero-order valence-corrected chi connectivity index (χ0v) is 14.6. The van der Waals surface area contributed by atoms with Crippen LogP contribution >= 0.6 is 0 Å². The highest BCUT2D eigenvalue weighted by atomic mass is 16.2. The molecular formula is C22H24N2O. The van der Waals surface area contributed by atoms with Crippen molar-refractivity contribution in [1.82, 2.24) is 10.3 Å². The fraction of sp³-hybridized carbons (Fsp3) is 0.364. The summed E-state index contributed by atoms with van der Waals surface area (Å²) in [5.41, 5.74) is 8.01. The highest BCUT2D eigenvalue weighted by Gasteiger charge is 2.43. The summed E-state index contributed by atoms with van der Waals surface area (Å²) in [6.45, 7) is 2.09. The molecule has 2 heterocycles. The number of pyridine rings is 1. The van der Waals surface area contributed by atoms with Crippen LogP contribution in [0.1, 0.15) is 71.8 Å². The third-order valence-corrected chi connectivity index (χ3v) is 6.05. The number of aryl methyl sites for hydroxylation is 1. The Bertz CT molecular complexity index is 926. The molecule has 128 valence electrons. The van der Waals surface area contributed by atoms with Gasteiger partial charge < -0.3 is 5.32 Å². The minimum Gasteiger partial charge on any atom is -0.342 e. The summed E-state index contributed by atoms with van der Waals surface area (Å²) in [6, 6.07) is 8.62. The van der Waals surface area contributed by atoms with E-state index in [0.717, 1.165) is 30.5 Å². The number of nitrogens with one attached hydrogen (secondary N) is 1. The van der Waals surface area contributed by atoms with E-state index in [9.17, 15) is 4.79 Å². The summed E-state index contributed by atoms with van der Waals surface area (Å²) in [5.74, 6) is 0.0989. The van der Waals surface area contributed by atoms with E-state index in [-0.39, 0.29) is 12.9 Å². The monoisotopic (exact) mass is 332 g/mol. The van der Waals surface area contributed by atoms with Crippen LogP contribution in [0.5, 0.6) is 0 Å². The lowest BCUT2D eigenvalue weighted by Crippen LogP contribution is -2.40. The standard InChI is InChI=1S/C22H22N2O.H2/c1-14-11-18-16(7-8-20(18)23-13-14)15-5-6-17-19(12-15)22(24-21(17)25)9-3-2-4-10-22;/h5-7,11-13H,2-4,8-10H2,1H3,(H,24,25);1H. The lowest BCUT2D eigenvalue weighted by Gasteiger charge is -2.34. The molecule has 3 aliphatic rings. The van der Waals surface area contributed by atoms with Gasteiger partial charge in [0.25, 0.3) is 5.91 Å². The van der Waals surface area contributed by atoms with Gasteiger partial charge in [0.1, 0.15) is 0 Å². The molecule has 0 bridgehead atoms. The molecule has 3 heteroatoms. The number of amides is 1. The van der Waals surface area contributed by atoms with Crippen LogP contribution in [0.3, 0.4) is 0 Å². The minimum atomic E-state index is -0.131. The quantitative estimate of drug-likeness (QED) is 0.834. The average Bonchev–Trinajstić information content (AvgIpc) is 3.15. The molecule has 1 amide bonds. The first-order valence-corrected chi connectivity index (χ1v) is 9.30. The fourth-order valence-electron chi connectivity index (χ4n) is 4.78. The predicted octanol–water partition coefficient (Wildman–Crippen LogP) is 4.53. The van der Waals surface area contributed by atoms with Gasteiger partial charge in [0.2, 0.25) is 0 Å². The molecule has 0 radical (unpaired) electrons. The van der Waals surface area contributed by atoms with Gasteiger partial charge in [-0.3, -0.25) is 9.78 Å². The molecule has 0 saturated heterocycles. The Labute approximate surface area is 149 Å². The highest BCUT2D eigenvalue weighted by Crippen LogP contribution is 2.44. The average molecular weight is 332 g/mol. The minimum absolute atomic E-state index is 0. The number of rotatable bonds is 1. The van der Waals surface area contributed by atoms with Crippen LogP contribution in [-0.2, 0) is 12.0 Å². The van der Waals surface area contributed by atoms with Gasteiger partial charge in [-0.1, -0.05) is 31.4 Å². The Morgan fingerprint density at radius 1 is 1.12 bits per heavy atom. The van der Waals surface area contributed by atoms with E-state index in [0.29, 0.717) is 0 Å². The number of carbonyl (C=O) groups is 1. The zero-order valence-electron chi connectivity index (χ0n) is 14.6. The van der Waals surface area contributed by atoms with Crippen molar-refractivity contribution in [3.8, 4) is 0 Å². The molecule has 25 heavy (non-hydrogen) atoms. The first-order chi connectivity index (χ1) is 12.2. The van der Waals surface area contributed by atoms with Gasteiger partial charge in [0, 0.05) is 25.2 Å². The zero-order chi connectivity index (χ0) is 17.0. The molecule has 1 N–H and O–H groups in total. The molecule has 3 nitrogen and oxygen atoms in total. The van der Waals surface area contributed by atoms with Crippen molar-refractivity contribution in [2.45, 2.75) is 51.0 Å². The second-order valence-electron chi connectivity index (χ2n) is 7.69. The van der Waals surface area contributed by atoms with Crippen molar-refractivity contribution in [3.63, 3.8) is 0 Å². The largest absolute Gasteiger partial charge is 0.342 e. The first kappa shape index (κ1) is 14.9. The first-order valence-electron chi connectivity index (χ1n) is 9.30. The number of carbonyl (C=O) groups excluding carboxylic acids is 1. The van der Waals surface area contributed by atoms with Crippen LogP contribution in [0.4, 0.5) is 0 Å². The van der Waals surface area contributed by atoms with Crippen molar-refractivity contribution >= 4 is 11.5 Å². The van der Waals surface area contributed by atoms with Crippen LogP contribution < -0.4 is 5.32 Å². The smallest absolute Gasteiger partial charge is 0.252 e. The summed E-state index contributed by atoms with van der Waals surface area (Å²) in [6.07, 6.45) is 10.9. The third kappa shape index (κ3) is 2.18. The maximum atomic E-state index is 12.5. The van der Waals surface area contributed by atoms with Crippen LogP contribution in [-0.4, -0.2) is 10.9 Å². The van der Waals surface area contributed by atoms with E-state index in [1.54, 1.807) is 0 Å². The van der Waals surface area contributed by atoms with Crippen molar-refractivity contribution in [3.05, 3.63) is 70.0 Å². The number of benzene rings is 1. The second kappa shape index (κ2) is 5.29. The number of hydrogen-bond acceptors (Lipinski definition) is 2. The van der Waals surface area contributed by atoms with E-state index in [1.807, 2.05) is 12.3 Å². The van der Waals surface area contributed by atoms with E-state index in [1.165, 1.54) is 47.1 Å². The van der Waals surface area contributed by atoms with E-state index in [2.05, 4.69) is 41.5 Å². The van der Waals surface area contributed by atoms with Gasteiger partial charge in [-0.2, -0.15) is 0 Å². The Balaban J connectivity index is 0.00000168. The summed E-state index contributed by atoms with van der Waals surface area (Å²) >= 11 is 0. The molecule has 1 aliphatic heterocycles. The van der Waals surface area contributed by atoms with E-state index in [4.69, 9.17) is 0 Å². The molecule has 0 unspecified atom stereocenters. The predicted molar refractivity (Wildman–Crippen MR) is 101 cm³/mol.